The number of halogens is 3. The van der Waals surface area contributed by atoms with Crippen molar-refractivity contribution in [1.82, 2.24) is 19.9 Å². The zero-order chi connectivity index (χ0) is 28.4. The van der Waals surface area contributed by atoms with Gasteiger partial charge in [-0.05, 0) is 29.7 Å². The summed E-state index contributed by atoms with van der Waals surface area (Å²) in [5.41, 5.74) is 6.34. The standard InChI is InChI=1S/C34H23F3N4/c1-22-10-2-3-11-23(22)30-31(39-19-18-38-30)26-14-6-4-12-24(26)25-13-5-7-15-27(25)32-33(41-21-20-40-32)28-16-8-9-17-29(28)34(35,36)37/h2-21H,1H3. The van der Waals surface area contributed by atoms with Crippen molar-refractivity contribution >= 4 is 0 Å². The van der Waals surface area contributed by atoms with Gasteiger partial charge in [0.15, 0.2) is 0 Å². The zero-order valence-corrected chi connectivity index (χ0v) is 22.0. The van der Waals surface area contributed by atoms with E-state index >= 15 is 0 Å². The van der Waals surface area contributed by atoms with Gasteiger partial charge in [-0.15, -0.1) is 0 Å². The molecule has 0 aliphatic carbocycles. The third kappa shape index (κ3) is 4.98. The van der Waals surface area contributed by atoms with Crippen molar-refractivity contribution in [2.45, 2.75) is 13.1 Å². The van der Waals surface area contributed by atoms with E-state index in [2.05, 4.69) is 9.97 Å². The van der Waals surface area contributed by atoms with Crippen molar-refractivity contribution in [3.05, 3.63) is 133 Å². The second-order valence-electron chi connectivity index (χ2n) is 9.46. The molecule has 0 atom stereocenters. The number of aromatic nitrogens is 4. The van der Waals surface area contributed by atoms with Gasteiger partial charge in [-0.1, -0.05) is 91.0 Å². The lowest BCUT2D eigenvalue weighted by Crippen LogP contribution is -2.08. The highest BCUT2D eigenvalue weighted by Gasteiger charge is 2.34. The minimum atomic E-state index is -4.55. The maximum Gasteiger partial charge on any atom is 0.417 e. The Morgan fingerprint density at radius 1 is 0.415 bits per heavy atom. The Bertz CT molecular complexity index is 1860. The molecule has 2 aromatic heterocycles. The van der Waals surface area contributed by atoms with E-state index < -0.39 is 11.7 Å². The van der Waals surface area contributed by atoms with Crippen LogP contribution in [0.4, 0.5) is 13.2 Å². The molecule has 6 aromatic rings. The Hall–Kier alpha value is -5.17. The first-order chi connectivity index (χ1) is 19.9. The molecule has 4 nitrogen and oxygen atoms in total. The number of rotatable bonds is 5. The molecule has 0 saturated carbocycles. The van der Waals surface area contributed by atoms with Crippen molar-refractivity contribution < 1.29 is 13.2 Å². The van der Waals surface area contributed by atoms with Crippen LogP contribution in [-0.4, -0.2) is 19.9 Å². The quantitative estimate of drug-likeness (QED) is 0.217. The predicted octanol–water partition coefficient (Wildman–Crippen LogP) is 8.93. The summed E-state index contributed by atoms with van der Waals surface area (Å²) < 4.78 is 42.0. The summed E-state index contributed by atoms with van der Waals surface area (Å²) in [5, 5.41) is 0. The summed E-state index contributed by atoms with van der Waals surface area (Å²) in [6, 6.07) is 28.8. The number of aryl methyl sites for hydroxylation is 1. The fourth-order valence-corrected chi connectivity index (χ4v) is 5.09. The molecule has 0 N–H and O–H groups in total. The summed E-state index contributed by atoms with van der Waals surface area (Å²) in [4.78, 5) is 18.4. The first-order valence-electron chi connectivity index (χ1n) is 13.0. The van der Waals surface area contributed by atoms with Gasteiger partial charge in [-0.25, -0.2) is 0 Å². The molecular formula is C34H23F3N4. The van der Waals surface area contributed by atoms with Gasteiger partial charge in [0.05, 0.1) is 28.3 Å². The highest BCUT2D eigenvalue weighted by Crippen LogP contribution is 2.43. The van der Waals surface area contributed by atoms with Crippen LogP contribution in [-0.2, 0) is 6.18 Å². The number of alkyl halides is 3. The number of nitrogens with zero attached hydrogens (tertiary/aromatic N) is 4. The van der Waals surface area contributed by atoms with Crippen LogP contribution < -0.4 is 0 Å². The lowest BCUT2D eigenvalue weighted by atomic mass is 9.89. The number of hydrogen-bond acceptors (Lipinski definition) is 4. The number of hydrogen-bond donors (Lipinski definition) is 0. The van der Waals surface area contributed by atoms with E-state index in [9.17, 15) is 13.2 Å². The van der Waals surface area contributed by atoms with Crippen molar-refractivity contribution in [3.63, 3.8) is 0 Å². The van der Waals surface area contributed by atoms with Crippen LogP contribution in [0.1, 0.15) is 11.1 Å². The largest absolute Gasteiger partial charge is 0.417 e. The molecule has 7 heteroatoms. The summed E-state index contributed by atoms with van der Waals surface area (Å²) in [7, 11) is 0. The lowest BCUT2D eigenvalue weighted by molar-refractivity contribution is -0.137. The normalized spacial score (nSPS) is 11.4. The maximum absolute atomic E-state index is 14.0. The topological polar surface area (TPSA) is 51.6 Å². The van der Waals surface area contributed by atoms with Crippen LogP contribution in [0.2, 0.25) is 0 Å². The fourth-order valence-electron chi connectivity index (χ4n) is 5.09. The van der Waals surface area contributed by atoms with Crippen LogP contribution in [0.25, 0.3) is 56.2 Å². The summed E-state index contributed by atoms with van der Waals surface area (Å²) in [6.07, 6.45) is 1.70. The van der Waals surface area contributed by atoms with E-state index in [1.165, 1.54) is 24.5 Å². The molecule has 4 aromatic carbocycles. The Morgan fingerprint density at radius 2 is 0.756 bits per heavy atom. The third-order valence-corrected chi connectivity index (χ3v) is 6.94. The highest BCUT2D eigenvalue weighted by atomic mass is 19.4. The monoisotopic (exact) mass is 544 g/mol. The van der Waals surface area contributed by atoms with E-state index in [-0.39, 0.29) is 11.3 Å². The molecule has 0 aliphatic rings. The minimum Gasteiger partial charge on any atom is -0.252 e. The second-order valence-corrected chi connectivity index (χ2v) is 9.46. The second kappa shape index (κ2) is 10.8. The first-order valence-corrected chi connectivity index (χ1v) is 13.0. The molecule has 0 spiro atoms. The highest BCUT2D eigenvalue weighted by molar-refractivity contribution is 5.95. The van der Waals surface area contributed by atoms with Gasteiger partial charge in [-0.3, -0.25) is 19.9 Å². The SMILES string of the molecule is Cc1ccccc1-c1nccnc1-c1ccccc1-c1ccccc1-c1nccnc1-c1ccccc1C(F)(F)F. The Balaban J connectivity index is 1.57. The first kappa shape index (κ1) is 26.1. The molecular weight excluding hydrogens is 521 g/mol. The molecule has 0 radical (unpaired) electrons. The van der Waals surface area contributed by atoms with Crippen molar-refractivity contribution in [2.75, 3.05) is 0 Å². The molecule has 0 fully saturated rings. The fraction of sp³-hybridized carbons (Fsp3) is 0.0588. The van der Waals surface area contributed by atoms with Crippen molar-refractivity contribution in [1.29, 1.82) is 0 Å². The predicted molar refractivity (Wildman–Crippen MR) is 155 cm³/mol. The van der Waals surface area contributed by atoms with Crippen LogP contribution >= 0.6 is 0 Å². The summed E-state index contributed by atoms with van der Waals surface area (Å²) in [6.45, 7) is 2.03. The van der Waals surface area contributed by atoms with Gasteiger partial charge < -0.3 is 0 Å². The van der Waals surface area contributed by atoms with Crippen molar-refractivity contribution in [2.24, 2.45) is 0 Å². The summed E-state index contributed by atoms with van der Waals surface area (Å²) in [5.74, 6) is 0. The van der Waals surface area contributed by atoms with Gasteiger partial charge in [0.2, 0.25) is 0 Å². The van der Waals surface area contributed by atoms with Gasteiger partial charge in [0.1, 0.15) is 0 Å². The Morgan fingerprint density at radius 3 is 1.22 bits per heavy atom. The van der Waals surface area contributed by atoms with E-state index in [1.807, 2.05) is 79.7 Å². The third-order valence-electron chi connectivity index (χ3n) is 6.94. The minimum absolute atomic E-state index is 0.0260. The van der Waals surface area contributed by atoms with Crippen LogP contribution in [0, 0.1) is 6.92 Å². The van der Waals surface area contributed by atoms with E-state index in [0.717, 1.165) is 39.6 Å². The maximum atomic E-state index is 14.0. The molecule has 2 heterocycles. The molecule has 0 unspecified atom stereocenters. The molecule has 0 saturated heterocycles. The van der Waals surface area contributed by atoms with Gasteiger partial charge in [0.25, 0.3) is 0 Å². The van der Waals surface area contributed by atoms with Gasteiger partial charge in [0, 0.05) is 47.0 Å². The zero-order valence-electron chi connectivity index (χ0n) is 22.0. The van der Waals surface area contributed by atoms with Crippen LogP contribution in [0.3, 0.4) is 0 Å². The molecule has 0 aliphatic heterocycles. The average Bonchev–Trinajstić information content (AvgIpc) is 3.01. The summed E-state index contributed by atoms with van der Waals surface area (Å²) >= 11 is 0. The van der Waals surface area contributed by atoms with Crippen LogP contribution in [0.5, 0.6) is 0 Å². The van der Waals surface area contributed by atoms with E-state index in [0.29, 0.717) is 17.0 Å². The van der Waals surface area contributed by atoms with E-state index in [1.54, 1.807) is 18.5 Å². The molecule has 41 heavy (non-hydrogen) atoms. The number of benzene rings is 4. The van der Waals surface area contributed by atoms with Gasteiger partial charge in [-0.2, -0.15) is 13.2 Å². The molecule has 0 bridgehead atoms. The van der Waals surface area contributed by atoms with Crippen LogP contribution in [0.15, 0.2) is 122 Å². The smallest absolute Gasteiger partial charge is 0.252 e. The van der Waals surface area contributed by atoms with Crippen molar-refractivity contribution in [3.8, 4) is 56.2 Å². The Labute approximate surface area is 235 Å². The van der Waals surface area contributed by atoms with Gasteiger partial charge >= 0.3 is 6.18 Å². The molecule has 200 valence electrons. The average molecular weight is 545 g/mol. The van der Waals surface area contributed by atoms with E-state index in [4.69, 9.17) is 9.97 Å². The lowest BCUT2D eigenvalue weighted by Gasteiger charge is -2.18. The Kier molecular flexibility index (Phi) is 6.85. The molecule has 0 amide bonds. The molecule has 6 rings (SSSR count).